The van der Waals surface area contributed by atoms with Crippen LogP contribution in [-0.4, -0.2) is 23.4 Å². The number of benzene rings is 1. The molecule has 0 unspecified atom stereocenters. The molecule has 3 rings (SSSR count). The SMILES string of the molecule is C=CCN(C(=O)c1sc2ccccc2c1N)C1CC1. The fourth-order valence-electron chi connectivity index (χ4n) is 2.28. The molecule has 1 heterocycles. The molecule has 0 saturated heterocycles. The minimum atomic E-state index is 0.0427. The van der Waals surface area contributed by atoms with E-state index in [1.54, 1.807) is 6.08 Å². The summed E-state index contributed by atoms with van der Waals surface area (Å²) in [6.07, 6.45) is 3.95. The molecule has 1 amide bonds. The number of nitrogen functional groups attached to an aromatic ring is 1. The zero-order chi connectivity index (χ0) is 13.4. The zero-order valence-electron chi connectivity index (χ0n) is 10.6. The quantitative estimate of drug-likeness (QED) is 0.868. The molecule has 0 bridgehead atoms. The topological polar surface area (TPSA) is 46.3 Å². The van der Waals surface area contributed by atoms with E-state index < -0.39 is 0 Å². The first kappa shape index (κ1) is 12.2. The van der Waals surface area contributed by atoms with E-state index in [1.807, 2.05) is 29.2 Å². The lowest BCUT2D eigenvalue weighted by Crippen LogP contribution is -2.33. The van der Waals surface area contributed by atoms with Crippen LogP contribution in [0, 0.1) is 0 Å². The van der Waals surface area contributed by atoms with Crippen molar-refractivity contribution in [1.29, 1.82) is 0 Å². The van der Waals surface area contributed by atoms with Crippen LogP contribution in [-0.2, 0) is 0 Å². The average molecular weight is 272 g/mol. The van der Waals surface area contributed by atoms with Crippen LogP contribution in [0.4, 0.5) is 5.69 Å². The van der Waals surface area contributed by atoms with Crippen molar-refractivity contribution in [1.82, 2.24) is 4.90 Å². The Bertz CT molecular complexity index is 643. The third-order valence-electron chi connectivity index (χ3n) is 3.40. The number of anilines is 1. The first-order chi connectivity index (χ1) is 9.22. The van der Waals surface area contributed by atoms with Gasteiger partial charge in [-0.25, -0.2) is 0 Å². The summed E-state index contributed by atoms with van der Waals surface area (Å²) in [6.45, 7) is 4.32. The highest BCUT2D eigenvalue weighted by molar-refractivity contribution is 7.21. The van der Waals surface area contributed by atoms with Crippen molar-refractivity contribution in [2.24, 2.45) is 0 Å². The number of thiophene rings is 1. The number of hydrogen-bond acceptors (Lipinski definition) is 3. The summed E-state index contributed by atoms with van der Waals surface area (Å²) >= 11 is 1.48. The molecule has 4 heteroatoms. The van der Waals surface area contributed by atoms with E-state index in [-0.39, 0.29) is 5.91 Å². The Hall–Kier alpha value is -1.81. The first-order valence-corrected chi connectivity index (χ1v) is 7.23. The number of carbonyl (C=O) groups is 1. The van der Waals surface area contributed by atoms with Crippen LogP contribution < -0.4 is 5.73 Å². The predicted molar refractivity (Wildman–Crippen MR) is 80.5 cm³/mol. The van der Waals surface area contributed by atoms with E-state index in [0.717, 1.165) is 22.9 Å². The van der Waals surface area contributed by atoms with Gasteiger partial charge in [0.05, 0.1) is 5.69 Å². The molecule has 0 aliphatic heterocycles. The Morgan fingerprint density at radius 3 is 2.84 bits per heavy atom. The molecule has 1 aliphatic carbocycles. The summed E-state index contributed by atoms with van der Waals surface area (Å²) in [5.74, 6) is 0.0427. The molecule has 0 spiro atoms. The second kappa shape index (κ2) is 4.70. The molecule has 1 aromatic carbocycles. The Kier molecular flexibility index (Phi) is 3.03. The minimum Gasteiger partial charge on any atom is -0.397 e. The maximum Gasteiger partial charge on any atom is 0.266 e. The molecule has 0 radical (unpaired) electrons. The highest BCUT2D eigenvalue weighted by Crippen LogP contribution is 2.36. The third-order valence-corrected chi connectivity index (χ3v) is 4.58. The van der Waals surface area contributed by atoms with E-state index in [2.05, 4.69) is 6.58 Å². The van der Waals surface area contributed by atoms with Crippen molar-refractivity contribution in [2.75, 3.05) is 12.3 Å². The molecule has 98 valence electrons. The van der Waals surface area contributed by atoms with Crippen molar-refractivity contribution in [3.05, 3.63) is 41.8 Å². The van der Waals surface area contributed by atoms with Crippen molar-refractivity contribution in [3.8, 4) is 0 Å². The number of nitrogens with two attached hydrogens (primary N) is 1. The van der Waals surface area contributed by atoms with E-state index in [1.165, 1.54) is 11.3 Å². The lowest BCUT2D eigenvalue weighted by molar-refractivity contribution is 0.0768. The third kappa shape index (κ3) is 2.12. The number of nitrogens with zero attached hydrogens (tertiary/aromatic N) is 1. The van der Waals surface area contributed by atoms with Crippen molar-refractivity contribution < 1.29 is 4.79 Å². The number of carbonyl (C=O) groups excluding carboxylic acids is 1. The smallest absolute Gasteiger partial charge is 0.266 e. The van der Waals surface area contributed by atoms with Crippen LogP contribution in [0.25, 0.3) is 10.1 Å². The molecule has 1 saturated carbocycles. The predicted octanol–water partition coefficient (Wildman–Crippen LogP) is 3.27. The molecule has 19 heavy (non-hydrogen) atoms. The average Bonchev–Trinajstić information content (AvgIpc) is 3.21. The van der Waals surface area contributed by atoms with Crippen molar-refractivity contribution in [3.63, 3.8) is 0 Å². The van der Waals surface area contributed by atoms with Gasteiger partial charge in [-0.1, -0.05) is 24.3 Å². The molecule has 1 aliphatic rings. The molecule has 1 aromatic heterocycles. The lowest BCUT2D eigenvalue weighted by Gasteiger charge is -2.20. The lowest BCUT2D eigenvalue weighted by atomic mass is 10.2. The van der Waals surface area contributed by atoms with Crippen LogP contribution in [0.2, 0.25) is 0 Å². The highest BCUT2D eigenvalue weighted by atomic mass is 32.1. The summed E-state index contributed by atoms with van der Waals surface area (Å²) in [5.41, 5.74) is 6.74. The van der Waals surface area contributed by atoms with Gasteiger partial charge in [-0.15, -0.1) is 17.9 Å². The van der Waals surface area contributed by atoms with Gasteiger partial charge in [-0.2, -0.15) is 0 Å². The Morgan fingerprint density at radius 2 is 2.21 bits per heavy atom. The summed E-state index contributed by atoms with van der Waals surface area (Å²) in [4.78, 5) is 15.2. The van der Waals surface area contributed by atoms with Crippen LogP contribution in [0.15, 0.2) is 36.9 Å². The van der Waals surface area contributed by atoms with E-state index in [4.69, 9.17) is 5.73 Å². The van der Waals surface area contributed by atoms with Gasteiger partial charge < -0.3 is 10.6 Å². The van der Waals surface area contributed by atoms with Crippen LogP contribution >= 0.6 is 11.3 Å². The molecule has 2 aromatic rings. The molecular formula is C15H16N2OS. The molecular weight excluding hydrogens is 256 g/mol. The summed E-state index contributed by atoms with van der Waals surface area (Å²) in [7, 11) is 0. The molecule has 3 nitrogen and oxygen atoms in total. The van der Waals surface area contributed by atoms with E-state index in [0.29, 0.717) is 23.2 Å². The van der Waals surface area contributed by atoms with Crippen LogP contribution in [0.1, 0.15) is 22.5 Å². The number of amides is 1. The van der Waals surface area contributed by atoms with Gasteiger partial charge in [0.2, 0.25) is 0 Å². The number of rotatable bonds is 4. The standard InChI is InChI=1S/C15H16N2OS/c1-2-9-17(10-7-8-10)15(18)14-13(16)11-5-3-4-6-12(11)19-14/h2-6,10H,1,7-9,16H2. The second-order valence-corrected chi connectivity index (χ2v) is 5.87. The van der Waals surface area contributed by atoms with Crippen molar-refractivity contribution in [2.45, 2.75) is 18.9 Å². The van der Waals surface area contributed by atoms with Gasteiger partial charge in [0, 0.05) is 22.7 Å². The van der Waals surface area contributed by atoms with Crippen LogP contribution in [0.3, 0.4) is 0 Å². The van der Waals surface area contributed by atoms with Crippen LogP contribution in [0.5, 0.6) is 0 Å². The zero-order valence-corrected chi connectivity index (χ0v) is 11.5. The molecule has 0 atom stereocenters. The van der Waals surface area contributed by atoms with Gasteiger partial charge in [0.15, 0.2) is 0 Å². The van der Waals surface area contributed by atoms with Gasteiger partial charge in [0.1, 0.15) is 4.88 Å². The van der Waals surface area contributed by atoms with Crippen molar-refractivity contribution >= 4 is 33.0 Å². The second-order valence-electron chi connectivity index (χ2n) is 4.82. The maximum atomic E-state index is 12.6. The molecule has 2 N–H and O–H groups in total. The van der Waals surface area contributed by atoms with Gasteiger partial charge in [-0.3, -0.25) is 4.79 Å². The Labute approximate surface area is 116 Å². The Balaban J connectivity index is 2.00. The highest BCUT2D eigenvalue weighted by Gasteiger charge is 2.33. The summed E-state index contributed by atoms with van der Waals surface area (Å²) < 4.78 is 1.07. The number of hydrogen-bond donors (Lipinski definition) is 1. The van der Waals surface area contributed by atoms with Gasteiger partial charge >= 0.3 is 0 Å². The normalized spacial score (nSPS) is 14.5. The van der Waals surface area contributed by atoms with E-state index >= 15 is 0 Å². The maximum absolute atomic E-state index is 12.6. The monoisotopic (exact) mass is 272 g/mol. The number of fused-ring (bicyclic) bond motifs is 1. The fraction of sp³-hybridized carbons (Fsp3) is 0.267. The Morgan fingerprint density at radius 1 is 1.47 bits per heavy atom. The van der Waals surface area contributed by atoms with E-state index in [9.17, 15) is 4.79 Å². The largest absolute Gasteiger partial charge is 0.397 e. The first-order valence-electron chi connectivity index (χ1n) is 6.41. The molecule has 1 fully saturated rings. The minimum absolute atomic E-state index is 0.0427. The van der Waals surface area contributed by atoms with Gasteiger partial charge in [0.25, 0.3) is 5.91 Å². The van der Waals surface area contributed by atoms with Gasteiger partial charge in [-0.05, 0) is 18.9 Å². The summed E-state index contributed by atoms with van der Waals surface area (Å²) in [5, 5.41) is 0.977. The fourth-order valence-corrected chi connectivity index (χ4v) is 3.36. The summed E-state index contributed by atoms with van der Waals surface area (Å²) in [6, 6.07) is 8.25.